The first-order chi connectivity index (χ1) is 14.3. The fraction of sp³-hybridized carbons (Fsp3) is 0.136. The Morgan fingerprint density at radius 1 is 1.13 bits per heavy atom. The molecule has 0 radical (unpaired) electrons. The lowest BCUT2D eigenvalue weighted by Crippen LogP contribution is -2.31. The Kier molecular flexibility index (Phi) is 5.09. The van der Waals surface area contributed by atoms with Crippen LogP contribution in [0.1, 0.15) is 32.0 Å². The molecule has 1 atom stereocenters. The van der Waals surface area contributed by atoms with Crippen molar-refractivity contribution in [3.63, 3.8) is 0 Å². The predicted molar refractivity (Wildman–Crippen MR) is 115 cm³/mol. The van der Waals surface area contributed by atoms with Crippen molar-refractivity contribution in [3.8, 4) is 5.75 Å². The molecule has 0 fully saturated rings. The number of ketones is 1. The molecule has 4 rings (SSSR count). The maximum atomic E-state index is 13.4. The zero-order chi connectivity index (χ0) is 21.6. The van der Waals surface area contributed by atoms with Crippen LogP contribution >= 0.6 is 22.9 Å². The number of halogens is 1. The van der Waals surface area contributed by atoms with Gasteiger partial charge in [0.1, 0.15) is 5.75 Å². The number of Topliss-reactive ketones (excluding diaryl/α,β-unsaturated/α-hetero) is 1. The van der Waals surface area contributed by atoms with Gasteiger partial charge in [0.2, 0.25) is 5.78 Å². The number of benzene rings is 2. The summed E-state index contributed by atoms with van der Waals surface area (Å²) in [6.07, 6.45) is 0. The van der Waals surface area contributed by atoms with Crippen LogP contribution in [0.4, 0.5) is 5.69 Å². The van der Waals surface area contributed by atoms with Crippen LogP contribution in [0.3, 0.4) is 0 Å². The van der Waals surface area contributed by atoms with Crippen LogP contribution in [0.2, 0.25) is 5.02 Å². The van der Waals surface area contributed by atoms with Crippen molar-refractivity contribution in [2.75, 3.05) is 4.90 Å². The topological polar surface area (TPSA) is 90.7 Å². The molecule has 1 aliphatic heterocycles. The number of rotatable bonds is 4. The van der Waals surface area contributed by atoms with E-state index < -0.39 is 23.5 Å². The van der Waals surface area contributed by atoms with Crippen LogP contribution in [0.5, 0.6) is 5.75 Å². The van der Waals surface area contributed by atoms with Crippen LogP contribution in [0.15, 0.2) is 59.9 Å². The smallest absolute Gasteiger partial charge is 0.294 e. The van der Waals surface area contributed by atoms with E-state index in [2.05, 4.69) is 4.98 Å². The quantitative estimate of drug-likeness (QED) is 0.563. The lowest BCUT2D eigenvalue weighted by molar-refractivity contribution is -0.117. The SMILES string of the molecule is Cc1nc(C)c(C(=O)C2=C(O)C(=O)N(c3ccc(Cl)cc3)C2c2cccc(O)c2)s1. The van der Waals surface area contributed by atoms with Crippen molar-refractivity contribution in [2.45, 2.75) is 19.9 Å². The summed E-state index contributed by atoms with van der Waals surface area (Å²) >= 11 is 7.19. The van der Waals surface area contributed by atoms with E-state index in [0.29, 0.717) is 31.9 Å². The van der Waals surface area contributed by atoms with Gasteiger partial charge in [-0.15, -0.1) is 11.3 Å². The van der Waals surface area contributed by atoms with E-state index in [0.717, 1.165) is 0 Å². The highest BCUT2D eigenvalue weighted by Crippen LogP contribution is 2.43. The third-order valence-electron chi connectivity index (χ3n) is 4.85. The minimum absolute atomic E-state index is 0.0148. The summed E-state index contributed by atoms with van der Waals surface area (Å²) in [6.45, 7) is 3.50. The lowest BCUT2D eigenvalue weighted by atomic mass is 9.94. The molecule has 152 valence electrons. The maximum absolute atomic E-state index is 13.4. The average molecular weight is 441 g/mol. The number of thiazole rings is 1. The van der Waals surface area contributed by atoms with Crippen molar-refractivity contribution in [1.29, 1.82) is 0 Å². The first-order valence-corrected chi connectivity index (χ1v) is 10.3. The second kappa shape index (κ2) is 7.59. The second-order valence-electron chi connectivity index (χ2n) is 6.89. The number of carbonyl (C=O) groups is 2. The zero-order valence-electron chi connectivity index (χ0n) is 16.1. The van der Waals surface area contributed by atoms with Crippen LogP contribution in [-0.2, 0) is 4.79 Å². The van der Waals surface area contributed by atoms with E-state index in [9.17, 15) is 19.8 Å². The Bertz CT molecular complexity index is 1200. The van der Waals surface area contributed by atoms with Crippen molar-refractivity contribution >= 4 is 40.3 Å². The molecule has 3 aromatic rings. The van der Waals surface area contributed by atoms with Crippen molar-refractivity contribution in [1.82, 2.24) is 4.98 Å². The Hall–Kier alpha value is -3.16. The minimum Gasteiger partial charge on any atom is -0.508 e. The van der Waals surface area contributed by atoms with E-state index in [4.69, 9.17) is 11.6 Å². The maximum Gasteiger partial charge on any atom is 0.294 e. The van der Waals surface area contributed by atoms with Gasteiger partial charge in [-0.3, -0.25) is 14.5 Å². The van der Waals surface area contributed by atoms with Gasteiger partial charge < -0.3 is 10.2 Å². The Morgan fingerprint density at radius 2 is 1.83 bits per heavy atom. The van der Waals surface area contributed by atoms with Crippen LogP contribution in [0, 0.1) is 13.8 Å². The number of aliphatic hydroxyl groups excluding tert-OH is 1. The van der Waals surface area contributed by atoms with Gasteiger partial charge in [-0.05, 0) is 55.8 Å². The van der Waals surface area contributed by atoms with E-state index in [1.165, 1.54) is 28.4 Å². The average Bonchev–Trinajstić information content (AvgIpc) is 3.18. The number of phenolic OH excluding ortho intramolecular Hbond substituents is 1. The molecule has 0 aliphatic carbocycles. The van der Waals surface area contributed by atoms with Crippen LogP contribution < -0.4 is 4.90 Å². The third kappa shape index (κ3) is 3.36. The Labute approximate surface area is 181 Å². The lowest BCUT2D eigenvalue weighted by Gasteiger charge is -2.27. The number of amides is 1. The van der Waals surface area contributed by atoms with Gasteiger partial charge >= 0.3 is 0 Å². The number of phenols is 1. The molecule has 8 heteroatoms. The summed E-state index contributed by atoms with van der Waals surface area (Å²) in [7, 11) is 0. The van der Waals surface area contributed by atoms with E-state index in [1.54, 1.807) is 50.2 Å². The molecule has 0 bridgehead atoms. The number of hydrogen-bond acceptors (Lipinski definition) is 6. The van der Waals surface area contributed by atoms with Crippen molar-refractivity contribution in [2.24, 2.45) is 0 Å². The predicted octanol–water partition coefficient (Wildman–Crippen LogP) is 4.90. The molecule has 1 aromatic heterocycles. The molecule has 6 nitrogen and oxygen atoms in total. The number of nitrogens with zero attached hydrogens (tertiary/aromatic N) is 2. The van der Waals surface area contributed by atoms with Gasteiger partial charge in [-0.2, -0.15) is 0 Å². The number of anilines is 1. The van der Waals surface area contributed by atoms with E-state index in [-0.39, 0.29) is 11.3 Å². The standard InChI is InChI=1S/C22H17ClN2O4S/c1-11-21(30-12(2)24-11)19(27)17-18(13-4-3-5-16(26)10-13)25(22(29)20(17)28)15-8-6-14(23)7-9-15/h3-10,18,26,28H,1-2H3. The van der Waals surface area contributed by atoms with Gasteiger partial charge in [0.15, 0.2) is 5.76 Å². The number of aromatic hydroxyl groups is 1. The molecule has 2 heterocycles. The Balaban J connectivity index is 1.90. The summed E-state index contributed by atoms with van der Waals surface area (Å²) in [5.74, 6) is -1.80. The minimum atomic E-state index is -0.917. The van der Waals surface area contributed by atoms with E-state index in [1.807, 2.05) is 0 Å². The summed E-state index contributed by atoms with van der Waals surface area (Å²) in [5, 5.41) is 21.9. The largest absolute Gasteiger partial charge is 0.508 e. The summed E-state index contributed by atoms with van der Waals surface area (Å²) < 4.78 is 0. The van der Waals surface area contributed by atoms with Gasteiger partial charge in [0.25, 0.3) is 5.91 Å². The van der Waals surface area contributed by atoms with Gasteiger partial charge in [-0.1, -0.05) is 23.7 Å². The number of hydrogen-bond donors (Lipinski definition) is 2. The molecule has 30 heavy (non-hydrogen) atoms. The summed E-state index contributed by atoms with van der Waals surface area (Å²) in [6, 6.07) is 11.9. The molecule has 1 aliphatic rings. The monoisotopic (exact) mass is 440 g/mol. The number of aliphatic hydroxyl groups is 1. The molecule has 1 unspecified atom stereocenters. The molecule has 2 aromatic carbocycles. The number of aromatic nitrogens is 1. The fourth-order valence-electron chi connectivity index (χ4n) is 3.58. The normalized spacial score (nSPS) is 16.4. The highest BCUT2D eigenvalue weighted by Gasteiger charge is 2.45. The first-order valence-electron chi connectivity index (χ1n) is 9.08. The van der Waals surface area contributed by atoms with Gasteiger partial charge in [0.05, 0.1) is 27.2 Å². The van der Waals surface area contributed by atoms with Crippen molar-refractivity contribution < 1.29 is 19.8 Å². The third-order valence-corrected chi connectivity index (χ3v) is 6.18. The molecular weight excluding hydrogens is 424 g/mol. The van der Waals surface area contributed by atoms with Crippen LogP contribution in [0.25, 0.3) is 0 Å². The molecule has 2 N–H and O–H groups in total. The highest BCUT2D eigenvalue weighted by molar-refractivity contribution is 7.14. The number of carbonyl (C=O) groups excluding carboxylic acids is 2. The highest BCUT2D eigenvalue weighted by atomic mass is 35.5. The fourth-order valence-corrected chi connectivity index (χ4v) is 4.58. The first kappa shape index (κ1) is 20.1. The molecular formula is C22H17ClN2O4S. The molecule has 0 saturated heterocycles. The molecule has 0 spiro atoms. The Morgan fingerprint density at radius 3 is 2.43 bits per heavy atom. The number of aryl methyl sites for hydroxylation is 2. The molecule has 1 amide bonds. The van der Waals surface area contributed by atoms with Crippen LogP contribution in [-0.4, -0.2) is 26.9 Å². The zero-order valence-corrected chi connectivity index (χ0v) is 17.7. The van der Waals surface area contributed by atoms with Crippen molar-refractivity contribution in [3.05, 3.63) is 86.0 Å². The van der Waals surface area contributed by atoms with Gasteiger partial charge in [-0.25, -0.2) is 4.98 Å². The summed E-state index contributed by atoms with van der Waals surface area (Å²) in [4.78, 5) is 32.5. The summed E-state index contributed by atoms with van der Waals surface area (Å²) in [5.41, 5.74) is 1.44. The van der Waals surface area contributed by atoms with E-state index >= 15 is 0 Å². The second-order valence-corrected chi connectivity index (χ2v) is 8.53. The molecule has 0 saturated carbocycles. The van der Waals surface area contributed by atoms with Gasteiger partial charge in [0, 0.05) is 10.7 Å².